The number of anilines is 1. The highest BCUT2D eigenvalue weighted by Gasteiger charge is 2.33. The normalized spacial score (nSPS) is 14.0. The predicted octanol–water partition coefficient (Wildman–Crippen LogP) is 4.10. The van der Waals surface area contributed by atoms with Crippen LogP contribution in [0.25, 0.3) is 5.69 Å². The third kappa shape index (κ3) is 4.67. The summed E-state index contributed by atoms with van der Waals surface area (Å²) in [5.41, 5.74) is 2.84. The Balaban J connectivity index is 1.64. The van der Waals surface area contributed by atoms with E-state index in [0.29, 0.717) is 32.5 Å². The Morgan fingerprint density at radius 3 is 2.63 bits per heavy atom. The maximum absolute atomic E-state index is 13.0. The van der Waals surface area contributed by atoms with Crippen LogP contribution in [0.5, 0.6) is 0 Å². The molecule has 0 radical (unpaired) electrons. The van der Waals surface area contributed by atoms with Gasteiger partial charge in [-0.25, -0.2) is 18.2 Å². The number of aromatic nitrogens is 2. The molecule has 1 aliphatic rings. The highest BCUT2D eigenvalue weighted by Crippen LogP contribution is 2.43. The molecule has 1 saturated carbocycles. The van der Waals surface area contributed by atoms with Crippen molar-refractivity contribution in [3.63, 3.8) is 0 Å². The molecule has 3 N–H and O–H groups in total. The van der Waals surface area contributed by atoms with Gasteiger partial charge in [-0.2, -0.15) is 5.10 Å². The smallest absolute Gasteiger partial charge is 0.259 e. The molecule has 1 fully saturated rings. The average Bonchev–Trinajstić information content (AvgIpc) is 3.39. The van der Waals surface area contributed by atoms with E-state index in [-0.39, 0.29) is 17.6 Å². The van der Waals surface area contributed by atoms with Gasteiger partial charge in [0.1, 0.15) is 0 Å². The van der Waals surface area contributed by atoms with Gasteiger partial charge in [0, 0.05) is 16.6 Å². The van der Waals surface area contributed by atoms with Gasteiger partial charge in [-0.15, -0.1) is 0 Å². The van der Waals surface area contributed by atoms with Gasteiger partial charge >= 0.3 is 0 Å². The number of amides is 1. The number of carbonyl (C=O) groups excluding carboxylic acids is 1. The zero-order chi connectivity index (χ0) is 21.5. The van der Waals surface area contributed by atoms with Gasteiger partial charge < -0.3 is 5.32 Å². The van der Waals surface area contributed by atoms with Crippen molar-refractivity contribution in [1.82, 2.24) is 9.78 Å². The number of rotatable bonds is 6. The molecule has 1 aliphatic carbocycles. The molecule has 0 saturated heterocycles. The van der Waals surface area contributed by atoms with Gasteiger partial charge in [0.05, 0.1) is 33.9 Å². The largest absolute Gasteiger partial charge is 0.322 e. The Hall–Kier alpha value is -2.39. The van der Waals surface area contributed by atoms with Crippen molar-refractivity contribution in [1.29, 1.82) is 0 Å². The zero-order valence-corrected chi connectivity index (χ0v) is 18.0. The monoisotopic (exact) mass is 464 g/mol. The van der Waals surface area contributed by atoms with Crippen LogP contribution in [0.3, 0.4) is 0 Å². The number of nitrogens with one attached hydrogen (secondary N) is 1. The van der Waals surface area contributed by atoms with E-state index < -0.39 is 10.0 Å². The number of benzene rings is 2. The molecule has 7 nitrogen and oxygen atoms in total. The van der Waals surface area contributed by atoms with Crippen molar-refractivity contribution in [2.24, 2.45) is 5.14 Å². The molecule has 1 aromatic heterocycles. The lowest BCUT2D eigenvalue weighted by molar-refractivity contribution is 0.102. The van der Waals surface area contributed by atoms with E-state index in [1.807, 2.05) is 0 Å². The molecule has 30 heavy (non-hydrogen) atoms. The standard InChI is InChI=1S/C20H18Cl2N4O3S/c21-14-6-7-18(17(22)9-14)26-19(13-4-5-13)16(10-24-26)20(27)25-15-3-1-2-12(8-15)11-30(23,28)29/h1-3,6-10,13H,4-5,11H2,(H,25,27)(H2,23,28,29). The van der Waals surface area contributed by atoms with Gasteiger partial charge in [-0.05, 0) is 48.7 Å². The van der Waals surface area contributed by atoms with E-state index in [0.717, 1.165) is 18.5 Å². The maximum atomic E-state index is 13.0. The summed E-state index contributed by atoms with van der Waals surface area (Å²) in [7, 11) is -3.67. The molecule has 2 aromatic carbocycles. The van der Waals surface area contributed by atoms with Crippen molar-refractivity contribution in [2.75, 3.05) is 5.32 Å². The number of hydrogen-bond donors (Lipinski definition) is 2. The topological polar surface area (TPSA) is 107 Å². The Kier molecular flexibility index (Phi) is 5.59. The first-order chi connectivity index (χ1) is 14.2. The van der Waals surface area contributed by atoms with E-state index >= 15 is 0 Å². The summed E-state index contributed by atoms with van der Waals surface area (Å²) in [5.74, 6) is -0.425. The molecular formula is C20H18Cl2N4O3S. The van der Waals surface area contributed by atoms with Gasteiger partial charge in [-0.1, -0.05) is 35.3 Å². The van der Waals surface area contributed by atoms with Crippen molar-refractivity contribution >= 4 is 44.8 Å². The summed E-state index contributed by atoms with van der Waals surface area (Å²) in [6.45, 7) is 0. The number of hydrogen-bond acceptors (Lipinski definition) is 4. The van der Waals surface area contributed by atoms with E-state index in [1.54, 1.807) is 47.1 Å². The molecule has 0 aliphatic heterocycles. The van der Waals surface area contributed by atoms with Crippen LogP contribution in [0.1, 0.15) is 40.4 Å². The van der Waals surface area contributed by atoms with Crippen molar-refractivity contribution in [2.45, 2.75) is 24.5 Å². The second kappa shape index (κ2) is 8.03. The lowest BCUT2D eigenvalue weighted by atomic mass is 10.1. The minimum absolute atomic E-state index is 0.216. The highest BCUT2D eigenvalue weighted by molar-refractivity contribution is 7.88. The first kappa shape index (κ1) is 20.9. The molecule has 0 spiro atoms. The van der Waals surface area contributed by atoms with Crippen LogP contribution in [-0.2, 0) is 15.8 Å². The molecule has 0 unspecified atom stereocenters. The number of primary sulfonamides is 1. The molecule has 1 amide bonds. The highest BCUT2D eigenvalue weighted by atomic mass is 35.5. The quantitative estimate of drug-likeness (QED) is 0.572. The lowest BCUT2D eigenvalue weighted by Crippen LogP contribution is -2.16. The second-order valence-electron chi connectivity index (χ2n) is 7.19. The first-order valence-electron chi connectivity index (χ1n) is 9.15. The summed E-state index contributed by atoms with van der Waals surface area (Å²) in [5, 5.41) is 13.3. The third-order valence-corrected chi connectivity index (χ3v) is 5.98. The average molecular weight is 465 g/mol. The summed E-state index contributed by atoms with van der Waals surface area (Å²) >= 11 is 12.3. The van der Waals surface area contributed by atoms with E-state index in [2.05, 4.69) is 10.4 Å². The second-order valence-corrected chi connectivity index (χ2v) is 9.65. The van der Waals surface area contributed by atoms with Gasteiger partial charge in [0.25, 0.3) is 5.91 Å². The summed E-state index contributed by atoms with van der Waals surface area (Å²) < 4.78 is 24.3. The fourth-order valence-electron chi connectivity index (χ4n) is 3.30. The number of nitrogens with two attached hydrogens (primary N) is 1. The molecule has 4 rings (SSSR count). The molecule has 3 aromatic rings. The molecule has 1 heterocycles. The van der Waals surface area contributed by atoms with E-state index in [4.69, 9.17) is 28.3 Å². The van der Waals surface area contributed by atoms with Crippen LogP contribution in [-0.4, -0.2) is 24.1 Å². The third-order valence-electron chi connectivity index (χ3n) is 4.71. The number of nitrogens with zero attached hydrogens (tertiary/aromatic N) is 2. The summed E-state index contributed by atoms with van der Waals surface area (Å²) in [6.07, 6.45) is 3.43. The fourth-order valence-corrected chi connectivity index (χ4v) is 4.43. The van der Waals surface area contributed by atoms with Crippen molar-refractivity contribution in [3.05, 3.63) is 75.5 Å². The fraction of sp³-hybridized carbons (Fsp3) is 0.200. The van der Waals surface area contributed by atoms with Crippen LogP contribution in [0.4, 0.5) is 5.69 Å². The van der Waals surface area contributed by atoms with E-state index in [9.17, 15) is 13.2 Å². The molecule has 0 atom stereocenters. The van der Waals surface area contributed by atoms with Crippen LogP contribution < -0.4 is 10.5 Å². The number of sulfonamides is 1. The molecule has 10 heteroatoms. The Bertz CT molecular complexity index is 1240. The Morgan fingerprint density at radius 2 is 1.97 bits per heavy atom. The van der Waals surface area contributed by atoms with Gasteiger partial charge in [0.15, 0.2) is 0 Å². The first-order valence-corrected chi connectivity index (χ1v) is 11.6. The minimum atomic E-state index is -3.67. The summed E-state index contributed by atoms with van der Waals surface area (Å²) in [6, 6.07) is 11.7. The number of halogens is 2. The SMILES string of the molecule is NS(=O)(=O)Cc1cccc(NC(=O)c2cnn(-c3ccc(Cl)cc3Cl)c2C2CC2)c1. The van der Waals surface area contributed by atoms with Crippen LogP contribution in [0, 0.1) is 0 Å². The van der Waals surface area contributed by atoms with Crippen molar-refractivity contribution < 1.29 is 13.2 Å². The van der Waals surface area contributed by atoms with Crippen LogP contribution in [0.2, 0.25) is 10.0 Å². The van der Waals surface area contributed by atoms with Crippen LogP contribution >= 0.6 is 23.2 Å². The van der Waals surface area contributed by atoms with E-state index in [1.165, 1.54) is 6.20 Å². The Morgan fingerprint density at radius 1 is 1.20 bits per heavy atom. The molecule has 0 bridgehead atoms. The molecule has 156 valence electrons. The summed E-state index contributed by atoms with van der Waals surface area (Å²) in [4.78, 5) is 13.0. The minimum Gasteiger partial charge on any atom is -0.322 e. The zero-order valence-electron chi connectivity index (χ0n) is 15.7. The van der Waals surface area contributed by atoms with Crippen molar-refractivity contribution in [3.8, 4) is 5.69 Å². The van der Waals surface area contributed by atoms with Crippen LogP contribution in [0.15, 0.2) is 48.7 Å². The molecular weight excluding hydrogens is 447 g/mol. The maximum Gasteiger partial charge on any atom is 0.259 e. The van der Waals surface area contributed by atoms with Gasteiger partial charge in [-0.3, -0.25) is 4.79 Å². The number of carbonyl (C=O) groups is 1. The lowest BCUT2D eigenvalue weighted by Gasteiger charge is -2.11. The predicted molar refractivity (Wildman–Crippen MR) is 117 cm³/mol. The van der Waals surface area contributed by atoms with Gasteiger partial charge in [0.2, 0.25) is 10.0 Å². The Labute approximate surface area is 183 Å².